The molecule has 0 saturated carbocycles. The molecule has 0 aliphatic heterocycles. The van der Waals surface area contributed by atoms with Crippen molar-refractivity contribution in [2.24, 2.45) is 0 Å². The lowest BCUT2D eigenvalue weighted by molar-refractivity contribution is 0.372. The number of nitrogens with one attached hydrogen (secondary N) is 1. The minimum Gasteiger partial charge on any atom is -0.494 e. The first-order chi connectivity index (χ1) is 13.0. The Hall–Kier alpha value is -2.92. The number of benzene rings is 3. The molecule has 0 aliphatic carbocycles. The summed E-state index contributed by atoms with van der Waals surface area (Å²) in [5.41, 5.74) is 4.48. The van der Waals surface area contributed by atoms with E-state index in [1.807, 2.05) is 50.5 Å². The van der Waals surface area contributed by atoms with Crippen molar-refractivity contribution in [2.75, 3.05) is 26.5 Å². The summed E-state index contributed by atoms with van der Waals surface area (Å²) in [4.78, 5) is 2.12. The van der Waals surface area contributed by atoms with E-state index in [1.165, 1.54) is 24.8 Å². The highest BCUT2D eigenvalue weighted by Gasteiger charge is 2.12. The maximum Gasteiger partial charge on any atom is 0.200 e. The number of hydrogen-bond acceptors (Lipinski definition) is 3. The van der Waals surface area contributed by atoms with Gasteiger partial charge in [-0.15, -0.1) is 0 Å². The highest BCUT2D eigenvalue weighted by atomic mass is 19.2. The molecule has 0 atom stereocenters. The normalized spacial score (nSPS) is 10.9. The number of anilines is 2. The molecule has 0 unspecified atom stereocenters. The summed E-state index contributed by atoms with van der Waals surface area (Å²) in [7, 11) is 5.39. The molecule has 5 heteroatoms. The van der Waals surface area contributed by atoms with Gasteiger partial charge in [0, 0.05) is 17.9 Å². The van der Waals surface area contributed by atoms with Gasteiger partial charge in [-0.05, 0) is 67.2 Å². The van der Waals surface area contributed by atoms with Crippen LogP contribution >= 0.6 is 0 Å². The van der Waals surface area contributed by atoms with Crippen molar-refractivity contribution in [3.63, 3.8) is 0 Å². The summed E-state index contributed by atoms with van der Waals surface area (Å²) < 4.78 is 32.2. The summed E-state index contributed by atoms with van der Waals surface area (Å²) in [6.45, 7) is 0.896. The Morgan fingerprint density at radius 1 is 0.852 bits per heavy atom. The minimum atomic E-state index is -0.975. The highest BCUT2D eigenvalue weighted by molar-refractivity contribution is 5.69. The molecule has 1 N–H and O–H groups in total. The first-order valence-electron chi connectivity index (χ1n) is 8.60. The van der Waals surface area contributed by atoms with Crippen molar-refractivity contribution >= 4 is 11.4 Å². The van der Waals surface area contributed by atoms with Crippen LogP contribution in [0.25, 0.3) is 11.1 Å². The van der Waals surface area contributed by atoms with Crippen LogP contribution in [-0.2, 0) is 6.54 Å². The van der Waals surface area contributed by atoms with E-state index in [0.29, 0.717) is 5.56 Å². The van der Waals surface area contributed by atoms with Gasteiger partial charge in [0.1, 0.15) is 0 Å². The van der Waals surface area contributed by atoms with Gasteiger partial charge in [0.05, 0.1) is 7.11 Å². The summed E-state index contributed by atoms with van der Waals surface area (Å²) in [5.74, 6) is -2.01. The second-order valence-electron chi connectivity index (χ2n) is 6.61. The Labute approximate surface area is 158 Å². The monoisotopic (exact) mass is 368 g/mol. The molecule has 3 aromatic carbocycles. The van der Waals surface area contributed by atoms with Crippen LogP contribution in [0.4, 0.5) is 20.2 Å². The van der Waals surface area contributed by atoms with Crippen LogP contribution in [0.2, 0.25) is 0 Å². The Bertz CT molecular complexity index is 907. The number of nitrogens with zero attached hydrogens (tertiary/aromatic N) is 1. The molecule has 140 valence electrons. The third-order valence-electron chi connectivity index (χ3n) is 4.17. The van der Waals surface area contributed by atoms with E-state index in [-0.39, 0.29) is 5.75 Å². The van der Waals surface area contributed by atoms with Gasteiger partial charge in [-0.2, -0.15) is 4.39 Å². The van der Waals surface area contributed by atoms with Crippen LogP contribution < -0.4 is 10.1 Å². The van der Waals surface area contributed by atoms with Gasteiger partial charge in [-0.25, -0.2) is 4.39 Å². The summed E-state index contributed by atoms with van der Waals surface area (Å²) in [5, 5.41) is 3.33. The number of rotatable bonds is 6. The van der Waals surface area contributed by atoms with Crippen molar-refractivity contribution < 1.29 is 13.5 Å². The molecule has 27 heavy (non-hydrogen) atoms. The molecule has 0 amide bonds. The lowest BCUT2D eigenvalue weighted by Gasteiger charge is -2.12. The fourth-order valence-electron chi connectivity index (χ4n) is 2.85. The van der Waals surface area contributed by atoms with E-state index < -0.39 is 11.6 Å². The Kier molecular flexibility index (Phi) is 5.72. The molecule has 0 bridgehead atoms. The van der Waals surface area contributed by atoms with Crippen molar-refractivity contribution in [1.29, 1.82) is 0 Å². The Morgan fingerprint density at radius 2 is 1.44 bits per heavy atom. The summed E-state index contributed by atoms with van der Waals surface area (Å²) >= 11 is 0. The molecule has 0 radical (unpaired) electrons. The van der Waals surface area contributed by atoms with Crippen LogP contribution in [-0.4, -0.2) is 26.1 Å². The van der Waals surface area contributed by atoms with Crippen LogP contribution in [0.15, 0.2) is 60.7 Å². The molecule has 3 rings (SSSR count). The minimum absolute atomic E-state index is 0.106. The predicted octanol–water partition coefficient (Wildman–Crippen LogP) is 5.45. The summed E-state index contributed by atoms with van der Waals surface area (Å²) in [6, 6.07) is 18.4. The quantitative estimate of drug-likeness (QED) is 0.626. The average molecular weight is 368 g/mol. The van der Waals surface area contributed by atoms with E-state index in [0.717, 1.165) is 23.5 Å². The standard InChI is InChI=1S/C22H22F2N2O/c1-26(2)14-15-4-8-18(9-5-15)25-19-10-6-16(7-11-19)17-12-20(23)22(24)21(13-17)27-3/h4-13,25H,14H2,1-3H3. The van der Waals surface area contributed by atoms with Crippen molar-refractivity contribution in [1.82, 2.24) is 4.90 Å². The van der Waals surface area contributed by atoms with Gasteiger partial charge in [0.2, 0.25) is 5.82 Å². The Morgan fingerprint density at radius 3 is 2.00 bits per heavy atom. The molecule has 0 aromatic heterocycles. The average Bonchev–Trinajstić information content (AvgIpc) is 2.65. The molecule has 0 saturated heterocycles. The second-order valence-corrected chi connectivity index (χ2v) is 6.61. The molecule has 3 nitrogen and oxygen atoms in total. The molecular formula is C22H22F2N2O. The van der Waals surface area contributed by atoms with Crippen molar-refractivity contribution in [3.8, 4) is 16.9 Å². The van der Waals surface area contributed by atoms with Crippen molar-refractivity contribution in [2.45, 2.75) is 6.54 Å². The number of methoxy groups -OCH3 is 1. The van der Waals surface area contributed by atoms with Gasteiger partial charge in [-0.3, -0.25) is 0 Å². The predicted molar refractivity (Wildman–Crippen MR) is 105 cm³/mol. The van der Waals surface area contributed by atoms with Crippen molar-refractivity contribution in [3.05, 3.63) is 77.9 Å². The summed E-state index contributed by atoms with van der Waals surface area (Å²) in [6.07, 6.45) is 0. The van der Waals surface area contributed by atoms with Gasteiger partial charge < -0.3 is 15.0 Å². The van der Waals surface area contributed by atoms with Gasteiger partial charge in [0.25, 0.3) is 0 Å². The maximum atomic E-state index is 13.7. The van der Waals surface area contributed by atoms with Crippen LogP contribution in [0, 0.1) is 11.6 Å². The van der Waals surface area contributed by atoms with Crippen LogP contribution in [0.5, 0.6) is 5.75 Å². The Balaban J connectivity index is 1.75. The first-order valence-corrected chi connectivity index (χ1v) is 8.60. The topological polar surface area (TPSA) is 24.5 Å². The van der Waals surface area contributed by atoms with Crippen LogP contribution in [0.1, 0.15) is 5.56 Å². The highest BCUT2D eigenvalue weighted by Crippen LogP contribution is 2.30. The second kappa shape index (κ2) is 8.18. The lowest BCUT2D eigenvalue weighted by Crippen LogP contribution is -2.10. The third kappa shape index (κ3) is 4.63. The largest absolute Gasteiger partial charge is 0.494 e. The molecular weight excluding hydrogens is 346 g/mol. The number of hydrogen-bond donors (Lipinski definition) is 1. The van der Waals surface area contributed by atoms with Gasteiger partial charge in [-0.1, -0.05) is 24.3 Å². The van der Waals surface area contributed by atoms with E-state index in [2.05, 4.69) is 22.3 Å². The fourth-order valence-corrected chi connectivity index (χ4v) is 2.85. The van der Waals surface area contributed by atoms with Gasteiger partial charge in [0.15, 0.2) is 11.6 Å². The molecule has 3 aromatic rings. The molecule has 0 fully saturated rings. The fraction of sp³-hybridized carbons (Fsp3) is 0.182. The van der Waals surface area contributed by atoms with E-state index in [1.54, 1.807) is 0 Å². The molecule has 0 heterocycles. The third-order valence-corrected chi connectivity index (χ3v) is 4.17. The van der Waals surface area contributed by atoms with E-state index in [4.69, 9.17) is 4.74 Å². The van der Waals surface area contributed by atoms with Crippen LogP contribution in [0.3, 0.4) is 0 Å². The zero-order valence-electron chi connectivity index (χ0n) is 15.6. The SMILES string of the molecule is COc1cc(-c2ccc(Nc3ccc(CN(C)C)cc3)cc2)cc(F)c1F. The van der Waals surface area contributed by atoms with E-state index >= 15 is 0 Å². The number of ether oxygens (including phenoxy) is 1. The maximum absolute atomic E-state index is 13.7. The zero-order valence-corrected chi connectivity index (χ0v) is 15.6. The molecule has 0 aliphatic rings. The first kappa shape index (κ1) is 18.9. The number of halogens is 2. The van der Waals surface area contributed by atoms with Gasteiger partial charge >= 0.3 is 0 Å². The lowest BCUT2D eigenvalue weighted by atomic mass is 10.0. The van der Waals surface area contributed by atoms with E-state index in [9.17, 15) is 8.78 Å². The molecule has 0 spiro atoms. The zero-order chi connectivity index (χ0) is 19.4. The smallest absolute Gasteiger partial charge is 0.200 e.